The Balaban J connectivity index is 1.73. The van der Waals surface area contributed by atoms with Crippen LogP contribution in [0.2, 0.25) is 5.02 Å². The second kappa shape index (κ2) is 10.3. The van der Waals surface area contributed by atoms with Crippen LogP contribution in [0.5, 0.6) is 5.75 Å². The van der Waals surface area contributed by atoms with Crippen LogP contribution in [0, 0.1) is 0 Å². The Hall–Kier alpha value is -2.62. The number of carbonyl (C=O) groups is 2. The highest BCUT2D eigenvalue weighted by Gasteiger charge is 2.22. The minimum absolute atomic E-state index is 0.0363. The second-order valence-corrected chi connectivity index (χ2v) is 9.77. The van der Waals surface area contributed by atoms with Crippen molar-refractivity contribution < 1.29 is 22.7 Å². The van der Waals surface area contributed by atoms with Gasteiger partial charge >= 0.3 is 0 Å². The van der Waals surface area contributed by atoms with E-state index in [1.54, 1.807) is 0 Å². The summed E-state index contributed by atoms with van der Waals surface area (Å²) in [6.07, 6.45) is 4.88. The maximum Gasteiger partial charge on any atom is 0.259 e. The van der Waals surface area contributed by atoms with Crippen molar-refractivity contribution in [1.82, 2.24) is 4.72 Å². The van der Waals surface area contributed by atoms with E-state index in [0.29, 0.717) is 11.4 Å². The summed E-state index contributed by atoms with van der Waals surface area (Å²) >= 11 is 6.18. The third-order valence-corrected chi connectivity index (χ3v) is 7.04. The standard InChI is InChI=1S/C22H26ClN3O5S/c1-14(27)24-20-13-21(31-2)18(12-19(20)23)22(28)25-15-8-10-17(11-9-15)32(29,30)26-16-6-4-3-5-7-16/h8-13,16,26H,3-7H2,1-2H3,(H,24,27)(H,25,28). The molecular formula is C22H26ClN3O5S. The van der Waals surface area contributed by atoms with Crippen LogP contribution in [-0.4, -0.2) is 33.4 Å². The molecule has 172 valence electrons. The highest BCUT2D eigenvalue weighted by atomic mass is 35.5. The molecule has 0 unspecified atom stereocenters. The number of halogens is 1. The molecule has 1 aliphatic carbocycles. The zero-order chi connectivity index (χ0) is 23.3. The maximum absolute atomic E-state index is 12.8. The van der Waals surface area contributed by atoms with E-state index in [2.05, 4.69) is 15.4 Å². The molecule has 1 aliphatic rings. The molecule has 32 heavy (non-hydrogen) atoms. The molecule has 0 aromatic heterocycles. The van der Waals surface area contributed by atoms with E-state index in [0.717, 1.165) is 32.1 Å². The van der Waals surface area contributed by atoms with Gasteiger partial charge in [-0.2, -0.15) is 0 Å². The number of hydrogen-bond acceptors (Lipinski definition) is 5. The molecule has 2 amide bonds. The molecule has 10 heteroatoms. The van der Waals surface area contributed by atoms with Gasteiger partial charge in [0, 0.05) is 24.7 Å². The van der Waals surface area contributed by atoms with E-state index in [1.165, 1.54) is 50.4 Å². The lowest BCUT2D eigenvalue weighted by atomic mass is 9.96. The summed E-state index contributed by atoms with van der Waals surface area (Å²) in [7, 11) is -2.22. The molecule has 2 aromatic carbocycles. The Labute approximate surface area is 192 Å². The van der Waals surface area contributed by atoms with Crippen molar-refractivity contribution >= 4 is 44.8 Å². The minimum Gasteiger partial charge on any atom is -0.496 e. The number of carbonyl (C=O) groups excluding carboxylic acids is 2. The number of sulfonamides is 1. The summed E-state index contributed by atoms with van der Waals surface area (Å²) < 4.78 is 33.3. The Morgan fingerprint density at radius 2 is 1.69 bits per heavy atom. The van der Waals surface area contributed by atoms with Crippen molar-refractivity contribution in [2.45, 2.75) is 50.0 Å². The third-order valence-electron chi connectivity index (χ3n) is 5.19. The van der Waals surface area contributed by atoms with Gasteiger partial charge in [0.25, 0.3) is 5.91 Å². The third kappa shape index (κ3) is 5.99. The summed E-state index contributed by atoms with van der Waals surface area (Å²) in [5, 5.41) is 5.45. The molecule has 1 saturated carbocycles. The van der Waals surface area contributed by atoms with Gasteiger partial charge < -0.3 is 15.4 Å². The quantitative estimate of drug-likeness (QED) is 0.551. The van der Waals surface area contributed by atoms with Gasteiger partial charge in [-0.1, -0.05) is 30.9 Å². The van der Waals surface area contributed by atoms with Crippen LogP contribution in [0.4, 0.5) is 11.4 Å². The van der Waals surface area contributed by atoms with E-state index in [1.807, 2.05) is 0 Å². The molecule has 1 fully saturated rings. The fraction of sp³-hybridized carbons (Fsp3) is 0.364. The van der Waals surface area contributed by atoms with Gasteiger partial charge in [0.05, 0.1) is 28.3 Å². The molecule has 0 saturated heterocycles. The summed E-state index contributed by atoms with van der Waals surface area (Å²) in [4.78, 5) is 24.2. The van der Waals surface area contributed by atoms with Crippen molar-refractivity contribution in [3.8, 4) is 5.75 Å². The normalized spacial score (nSPS) is 14.6. The van der Waals surface area contributed by atoms with Crippen molar-refractivity contribution in [1.29, 1.82) is 0 Å². The number of anilines is 2. The number of hydrogen-bond donors (Lipinski definition) is 3. The zero-order valence-corrected chi connectivity index (χ0v) is 19.5. The molecule has 0 radical (unpaired) electrons. The van der Waals surface area contributed by atoms with Gasteiger partial charge in [0.1, 0.15) is 5.75 Å². The molecule has 0 spiro atoms. The number of amides is 2. The Morgan fingerprint density at radius 1 is 1.03 bits per heavy atom. The van der Waals surface area contributed by atoms with Crippen LogP contribution in [0.15, 0.2) is 41.3 Å². The van der Waals surface area contributed by atoms with E-state index in [9.17, 15) is 18.0 Å². The first-order valence-electron chi connectivity index (χ1n) is 10.3. The Kier molecular flexibility index (Phi) is 7.76. The minimum atomic E-state index is -3.62. The highest BCUT2D eigenvalue weighted by molar-refractivity contribution is 7.89. The van der Waals surface area contributed by atoms with Gasteiger partial charge in [-0.3, -0.25) is 9.59 Å². The summed E-state index contributed by atoms with van der Waals surface area (Å²) in [6, 6.07) is 8.76. The summed E-state index contributed by atoms with van der Waals surface area (Å²) in [5.74, 6) is -0.570. The number of methoxy groups -OCH3 is 1. The first-order chi connectivity index (χ1) is 15.2. The van der Waals surface area contributed by atoms with E-state index in [-0.39, 0.29) is 33.2 Å². The topological polar surface area (TPSA) is 114 Å². The Morgan fingerprint density at radius 3 is 2.28 bits per heavy atom. The monoisotopic (exact) mass is 479 g/mol. The maximum atomic E-state index is 12.8. The number of nitrogens with one attached hydrogen (secondary N) is 3. The molecule has 2 aromatic rings. The van der Waals surface area contributed by atoms with Crippen LogP contribution in [0.25, 0.3) is 0 Å². The summed E-state index contributed by atoms with van der Waals surface area (Å²) in [5.41, 5.74) is 0.908. The lowest BCUT2D eigenvalue weighted by molar-refractivity contribution is -0.114. The number of rotatable bonds is 7. The first-order valence-corrected chi connectivity index (χ1v) is 12.1. The van der Waals surface area contributed by atoms with E-state index in [4.69, 9.17) is 16.3 Å². The first kappa shape index (κ1) is 24.0. The lowest BCUT2D eigenvalue weighted by Crippen LogP contribution is -2.36. The summed E-state index contributed by atoms with van der Waals surface area (Å²) in [6.45, 7) is 1.35. The van der Waals surface area contributed by atoms with Gasteiger partial charge in [-0.15, -0.1) is 0 Å². The van der Waals surface area contributed by atoms with Crippen LogP contribution in [0.1, 0.15) is 49.4 Å². The molecule has 0 aliphatic heterocycles. The van der Waals surface area contributed by atoms with Crippen molar-refractivity contribution in [3.05, 3.63) is 47.0 Å². The predicted octanol–water partition coefficient (Wildman–Crippen LogP) is 4.17. The molecule has 3 N–H and O–H groups in total. The number of benzene rings is 2. The SMILES string of the molecule is COc1cc(NC(C)=O)c(Cl)cc1C(=O)Nc1ccc(S(=O)(=O)NC2CCCCC2)cc1. The van der Waals surface area contributed by atoms with Crippen molar-refractivity contribution in [2.75, 3.05) is 17.7 Å². The number of ether oxygens (including phenoxy) is 1. The fourth-order valence-corrected chi connectivity index (χ4v) is 5.12. The predicted molar refractivity (Wildman–Crippen MR) is 124 cm³/mol. The van der Waals surface area contributed by atoms with Crippen LogP contribution in [-0.2, 0) is 14.8 Å². The van der Waals surface area contributed by atoms with Gasteiger partial charge in [-0.25, -0.2) is 13.1 Å². The van der Waals surface area contributed by atoms with E-state index < -0.39 is 15.9 Å². The molecule has 0 bridgehead atoms. The van der Waals surface area contributed by atoms with Crippen molar-refractivity contribution in [2.24, 2.45) is 0 Å². The second-order valence-electron chi connectivity index (χ2n) is 7.65. The largest absolute Gasteiger partial charge is 0.496 e. The van der Waals surface area contributed by atoms with Gasteiger partial charge in [0.15, 0.2) is 0 Å². The Bertz CT molecular complexity index is 1100. The van der Waals surface area contributed by atoms with Crippen LogP contribution >= 0.6 is 11.6 Å². The zero-order valence-electron chi connectivity index (χ0n) is 17.9. The van der Waals surface area contributed by atoms with Gasteiger partial charge in [-0.05, 0) is 43.2 Å². The molecule has 8 nitrogen and oxygen atoms in total. The van der Waals surface area contributed by atoms with Crippen LogP contribution in [0.3, 0.4) is 0 Å². The average Bonchev–Trinajstić information content (AvgIpc) is 2.75. The molecule has 0 heterocycles. The lowest BCUT2D eigenvalue weighted by Gasteiger charge is -2.22. The fourth-order valence-electron chi connectivity index (χ4n) is 3.61. The van der Waals surface area contributed by atoms with Gasteiger partial charge in [0.2, 0.25) is 15.9 Å². The molecule has 3 rings (SSSR count). The van der Waals surface area contributed by atoms with E-state index >= 15 is 0 Å². The van der Waals surface area contributed by atoms with Crippen LogP contribution < -0.4 is 20.1 Å². The highest BCUT2D eigenvalue weighted by Crippen LogP contribution is 2.31. The smallest absolute Gasteiger partial charge is 0.259 e. The molecular weight excluding hydrogens is 454 g/mol. The van der Waals surface area contributed by atoms with Crippen molar-refractivity contribution in [3.63, 3.8) is 0 Å². The average molecular weight is 480 g/mol. The molecule has 0 atom stereocenters.